The number of hydrogen-bond acceptors (Lipinski definition) is 7. The van der Waals surface area contributed by atoms with E-state index in [-0.39, 0.29) is 23.1 Å². The van der Waals surface area contributed by atoms with Crippen LogP contribution in [0.3, 0.4) is 0 Å². The molecular formula is C32H36F2N6O2. The molecular weight excluding hydrogens is 538 g/mol. The third-order valence-corrected chi connectivity index (χ3v) is 7.73. The number of amides is 1. The SMILES string of the molecule is CC.CC(C)C1(c2cncc(-c3ccc(NC(=O)[C@H](C)O)nc3)n2)CC[C@H](C)c2cc(-c3c(F)cccc3F)nnc21. The van der Waals surface area contributed by atoms with Gasteiger partial charge in [-0.1, -0.05) is 40.7 Å². The number of aliphatic hydroxyl groups is 1. The highest BCUT2D eigenvalue weighted by molar-refractivity contribution is 5.92. The lowest BCUT2D eigenvalue weighted by molar-refractivity contribution is -0.123. The number of aromatic nitrogens is 5. The Bertz CT molecular complexity index is 1540. The number of carbonyl (C=O) groups excluding carboxylic acids is 1. The Labute approximate surface area is 244 Å². The molecule has 0 saturated carbocycles. The fourth-order valence-electron chi connectivity index (χ4n) is 5.39. The molecule has 3 aromatic heterocycles. The summed E-state index contributed by atoms with van der Waals surface area (Å²) in [5.74, 6) is -1.44. The minimum atomic E-state index is -1.15. The summed E-state index contributed by atoms with van der Waals surface area (Å²) in [5, 5.41) is 20.9. The maximum absolute atomic E-state index is 14.6. The van der Waals surface area contributed by atoms with Crippen LogP contribution >= 0.6 is 0 Å². The van der Waals surface area contributed by atoms with Crippen molar-refractivity contribution in [2.45, 2.75) is 71.8 Å². The maximum Gasteiger partial charge on any atom is 0.254 e. The van der Waals surface area contributed by atoms with E-state index in [1.165, 1.54) is 25.1 Å². The van der Waals surface area contributed by atoms with Crippen LogP contribution in [0.1, 0.15) is 77.3 Å². The molecule has 8 nitrogen and oxygen atoms in total. The van der Waals surface area contributed by atoms with E-state index in [4.69, 9.17) is 4.98 Å². The molecule has 0 saturated heterocycles. The standard InChI is InChI=1S/C30H30F2N6O2.C2H6/c1-16(2)30(25-15-33-14-24(35-25)19-8-9-26(34-13-19)36-29(40)18(4)39)11-10-17(3)20-12-23(37-38-28(20)30)27-21(31)6-5-7-22(27)32;1-2/h5-9,12-18,39H,10-11H2,1-4H3,(H,34,36,40);1-2H3/t17-,18-,30?;/m0./s1. The van der Waals surface area contributed by atoms with Gasteiger partial charge in [0.1, 0.15) is 23.6 Å². The number of fused-ring (bicyclic) bond motifs is 1. The Morgan fingerprint density at radius 3 is 2.36 bits per heavy atom. The van der Waals surface area contributed by atoms with Crippen molar-refractivity contribution in [3.8, 4) is 22.5 Å². The highest BCUT2D eigenvalue weighted by Crippen LogP contribution is 2.50. The summed E-state index contributed by atoms with van der Waals surface area (Å²) in [5.41, 5.74) is 2.99. The molecule has 0 bridgehead atoms. The van der Waals surface area contributed by atoms with Gasteiger partial charge in [0, 0.05) is 18.0 Å². The number of pyridine rings is 1. The molecule has 3 atom stereocenters. The van der Waals surface area contributed by atoms with Gasteiger partial charge in [-0.2, -0.15) is 5.10 Å². The van der Waals surface area contributed by atoms with E-state index in [0.29, 0.717) is 17.1 Å². The topological polar surface area (TPSA) is 114 Å². The van der Waals surface area contributed by atoms with Gasteiger partial charge < -0.3 is 10.4 Å². The van der Waals surface area contributed by atoms with Gasteiger partial charge in [-0.3, -0.25) is 9.78 Å². The number of nitrogens with one attached hydrogen (secondary N) is 1. The van der Waals surface area contributed by atoms with Crippen molar-refractivity contribution >= 4 is 11.7 Å². The fraction of sp³-hybridized carbons (Fsp3) is 0.375. The zero-order chi connectivity index (χ0) is 30.6. The molecule has 0 fully saturated rings. The van der Waals surface area contributed by atoms with Gasteiger partial charge in [-0.25, -0.2) is 18.7 Å². The first-order valence-corrected chi connectivity index (χ1v) is 14.2. The van der Waals surface area contributed by atoms with E-state index in [9.17, 15) is 18.7 Å². The molecule has 10 heteroatoms. The third kappa shape index (κ3) is 5.76. The van der Waals surface area contributed by atoms with Gasteiger partial charge in [-0.05, 0) is 67.5 Å². The average molecular weight is 575 g/mol. The molecule has 42 heavy (non-hydrogen) atoms. The van der Waals surface area contributed by atoms with E-state index in [0.717, 1.165) is 29.8 Å². The second-order valence-corrected chi connectivity index (χ2v) is 10.6. The van der Waals surface area contributed by atoms with Crippen LogP contribution in [0, 0.1) is 17.6 Å². The lowest BCUT2D eigenvalue weighted by atomic mass is 9.62. The van der Waals surface area contributed by atoms with Crippen molar-refractivity contribution in [3.63, 3.8) is 0 Å². The normalized spacial score (nSPS) is 18.5. The Kier molecular flexibility index (Phi) is 9.36. The lowest BCUT2D eigenvalue weighted by Crippen LogP contribution is -2.40. The molecule has 220 valence electrons. The van der Waals surface area contributed by atoms with Crippen molar-refractivity contribution in [2.75, 3.05) is 5.32 Å². The largest absolute Gasteiger partial charge is 0.384 e. The monoisotopic (exact) mass is 574 g/mol. The van der Waals surface area contributed by atoms with E-state index in [1.807, 2.05) is 13.8 Å². The van der Waals surface area contributed by atoms with Crippen LogP contribution in [-0.4, -0.2) is 42.3 Å². The van der Waals surface area contributed by atoms with Crippen molar-refractivity contribution in [2.24, 2.45) is 5.92 Å². The Morgan fingerprint density at radius 2 is 1.74 bits per heavy atom. The number of anilines is 1. The van der Waals surface area contributed by atoms with Gasteiger partial charge in [0.05, 0.1) is 40.0 Å². The minimum absolute atomic E-state index is 0.0600. The maximum atomic E-state index is 14.6. The summed E-state index contributed by atoms with van der Waals surface area (Å²) in [6.07, 6.45) is 5.38. The van der Waals surface area contributed by atoms with Crippen LogP contribution in [0.5, 0.6) is 0 Å². The van der Waals surface area contributed by atoms with E-state index < -0.39 is 29.1 Å². The van der Waals surface area contributed by atoms with Gasteiger partial charge in [0.15, 0.2) is 0 Å². The van der Waals surface area contributed by atoms with Gasteiger partial charge in [0.2, 0.25) is 0 Å². The molecule has 1 aromatic carbocycles. The third-order valence-electron chi connectivity index (χ3n) is 7.73. The number of benzene rings is 1. The quantitative estimate of drug-likeness (QED) is 0.272. The summed E-state index contributed by atoms with van der Waals surface area (Å²) in [7, 11) is 0. The highest BCUT2D eigenvalue weighted by atomic mass is 19.1. The van der Waals surface area contributed by atoms with E-state index in [1.54, 1.807) is 36.8 Å². The molecule has 5 rings (SSSR count). The Balaban J connectivity index is 0.00000198. The van der Waals surface area contributed by atoms with E-state index >= 15 is 0 Å². The van der Waals surface area contributed by atoms with Crippen molar-refractivity contribution in [3.05, 3.63) is 83.6 Å². The van der Waals surface area contributed by atoms with Crippen LogP contribution in [0.4, 0.5) is 14.6 Å². The molecule has 0 radical (unpaired) electrons. The second-order valence-electron chi connectivity index (χ2n) is 10.6. The number of halogens is 2. The summed E-state index contributed by atoms with van der Waals surface area (Å²) in [6.45, 7) is 11.7. The van der Waals surface area contributed by atoms with Crippen LogP contribution in [0.15, 0.2) is 55.0 Å². The molecule has 1 aliphatic carbocycles. The number of carbonyl (C=O) groups is 1. The zero-order valence-corrected chi connectivity index (χ0v) is 24.7. The summed E-state index contributed by atoms with van der Waals surface area (Å²) < 4.78 is 29.2. The number of nitrogens with zero attached hydrogens (tertiary/aromatic N) is 5. The Morgan fingerprint density at radius 1 is 1.02 bits per heavy atom. The predicted molar refractivity (Wildman–Crippen MR) is 158 cm³/mol. The number of rotatable bonds is 6. The van der Waals surface area contributed by atoms with E-state index in [2.05, 4.69) is 46.3 Å². The molecule has 0 spiro atoms. The first-order chi connectivity index (χ1) is 20.1. The van der Waals surface area contributed by atoms with Crippen LogP contribution in [0.2, 0.25) is 0 Å². The van der Waals surface area contributed by atoms with Crippen molar-refractivity contribution in [1.29, 1.82) is 0 Å². The molecule has 0 aliphatic heterocycles. The average Bonchev–Trinajstić information content (AvgIpc) is 2.99. The number of aliphatic hydroxyl groups excluding tert-OH is 1. The van der Waals surface area contributed by atoms with Crippen molar-refractivity contribution < 1.29 is 18.7 Å². The van der Waals surface area contributed by atoms with Gasteiger partial charge >= 0.3 is 0 Å². The first kappa shape index (κ1) is 30.8. The van der Waals surface area contributed by atoms with Crippen molar-refractivity contribution in [1.82, 2.24) is 25.1 Å². The summed E-state index contributed by atoms with van der Waals surface area (Å²) in [6, 6.07) is 8.91. The predicted octanol–water partition coefficient (Wildman–Crippen LogP) is 6.46. The summed E-state index contributed by atoms with van der Waals surface area (Å²) >= 11 is 0. The smallest absolute Gasteiger partial charge is 0.254 e. The lowest BCUT2D eigenvalue weighted by Gasteiger charge is -2.42. The first-order valence-electron chi connectivity index (χ1n) is 14.2. The second kappa shape index (κ2) is 12.8. The zero-order valence-electron chi connectivity index (χ0n) is 24.7. The molecule has 1 aliphatic rings. The van der Waals surface area contributed by atoms with Crippen LogP contribution in [0.25, 0.3) is 22.5 Å². The molecule has 1 amide bonds. The van der Waals surface area contributed by atoms with Crippen LogP contribution < -0.4 is 5.32 Å². The summed E-state index contributed by atoms with van der Waals surface area (Å²) in [4.78, 5) is 25.5. The fourth-order valence-corrected chi connectivity index (χ4v) is 5.39. The number of hydrogen-bond donors (Lipinski definition) is 2. The van der Waals surface area contributed by atoms with Crippen LogP contribution in [-0.2, 0) is 10.2 Å². The Hall–Kier alpha value is -4.18. The molecule has 2 N–H and O–H groups in total. The molecule has 1 unspecified atom stereocenters. The minimum Gasteiger partial charge on any atom is -0.384 e. The van der Waals surface area contributed by atoms with Gasteiger partial charge in [0.25, 0.3) is 5.91 Å². The molecule has 4 aromatic rings. The van der Waals surface area contributed by atoms with Gasteiger partial charge in [-0.15, -0.1) is 5.10 Å². The highest BCUT2D eigenvalue weighted by Gasteiger charge is 2.46. The molecule has 3 heterocycles.